The average molecular weight is 443 g/mol. The molecule has 0 radical (unpaired) electrons. The molecule has 2 N–H and O–H groups in total. The summed E-state index contributed by atoms with van der Waals surface area (Å²) < 4.78 is 8.43. The molecule has 0 aromatic carbocycles. The molecule has 4 aromatic heterocycles. The quantitative estimate of drug-likeness (QED) is 0.444. The van der Waals surface area contributed by atoms with E-state index in [-0.39, 0.29) is 0 Å². The Hall–Kier alpha value is -3.78. The molecule has 0 amide bonds. The first-order valence-electron chi connectivity index (χ1n) is 11.0. The van der Waals surface area contributed by atoms with E-state index < -0.39 is 5.60 Å². The van der Waals surface area contributed by atoms with E-state index in [1.807, 2.05) is 48.3 Å². The Labute approximate surface area is 192 Å². The SMILES string of the molecule is Cc1cncc(-c2nn3c(c2Oc2ccnc(Nc4ccnc(C(C)(C)O)c4)c2)CCC3)c1. The standard InChI is InChI=1S/C25H26N6O2/c1-16-11-17(15-26-14-16)23-24(20-5-4-10-31(20)30-23)33-19-7-9-28-22(13-19)29-18-6-8-27-21(12-18)25(2,3)32/h6-9,11-15,32H,4-5,10H2,1-3H3,(H,27,28,29). The van der Waals surface area contributed by atoms with Crippen LogP contribution in [0.5, 0.6) is 11.5 Å². The molecule has 4 aromatic rings. The fourth-order valence-corrected chi connectivity index (χ4v) is 3.94. The molecular formula is C25H26N6O2. The minimum atomic E-state index is -1.03. The number of pyridine rings is 3. The average Bonchev–Trinajstić information content (AvgIpc) is 3.36. The Kier molecular flexibility index (Phi) is 5.30. The van der Waals surface area contributed by atoms with Gasteiger partial charge >= 0.3 is 0 Å². The van der Waals surface area contributed by atoms with Crippen molar-refractivity contribution in [3.8, 4) is 22.8 Å². The van der Waals surface area contributed by atoms with Gasteiger partial charge in [0, 0.05) is 48.6 Å². The number of aromatic nitrogens is 5. The lowest BCUT2D eigenvalue weighted by molar-refractivity contribution is 0.0739. The summed E-state index contributed by atoms with van der Waals surface area (Å²) in [5.41, 5.74) is 4.24. The van der Waals surface area contributed by atoms with E-state index in [4.69, 9.17) is 9.84 Å². The molecule has 1 aliphatic rings. The molecule has 0 fully saturated rings. The fourth-order valence-electron chi connectivity index (χ4n) is 3.94. The topological polar surface area (TPSA) is 98.0 Å². The molecule has 0 saturated carbocycles. The van der Waals surface area contributed by atoms with Crippen molar-refractivity contribution in [2.75, 3.05) is 5.32 Å². The van der Waals surface area contributed by atoms with E-state index in [9.17, 15) is 5.11 Å². The van der Waals surface area contributed by atoms with E-state index in [0.717, 1.165) is 53.3 Å². The normalized spacial score (nSPS) is 13.1. The number of nitrogens with zero attached hydrogens (tertiary/aromatic N) is 5. The van der Waals surface area contributed by atoms with Gasteiger partial charge in [-0.25, -0.2) is 4.98 Å². The monoisotopic (exact) mass is 442 g/mol. The zero-order chi connectivity index (χ0) is 23.0. The first kappa shape index (κ1) is 21.1. The van der Waals surface area contributed by atoms with Crippen LogP contribution in [0, 0.1) is 6.92 Å². The Morgan fingerprint density at radius 3 is 2.76 bits per heavy atom. The molecule has 0 aliphatic carbocycles. The summed E-state index contributed by atoms with van der Waals surface area (Å²) in [4.78, 5) is 13.0. The third-order valence-electron chi connectivity index (χ3n) is 5.55. The molecule has 168 valence electrons. The van der Waals surface area contributed by atoms with E-state index in [2.05, 4.69) is 26.3 Å². The molecule has 0 saturated heterocycles. The Balaban J connectivity index is 1.44. The summed E-state index contributed by atoms with van der Waals surface area (Å²) in [5, 5.41) is 18.3. The smallest absolute Gasteiger partial charge is 0.176 e. The maximum absolute atomic E-state index is 10.2. The van der Waals surface area contributed by atoms with Crippen LogP contribution in [-0.2, 0) is 18.6 Å². The minimum Gasteiger partial charge on any atom is -0.453 e. The molecule has 5 rings (SSSR count). The third-order valence-corrected chi connectivity index (χ3v) is 5.55. The largest absolute Gasteiger partial charge is 0.453 e. The van der Waals surface area contributed by atoms with Crippen molar-refractivity contribution in [3.63, 3.8) is 0 Å². The van der Waals surface area contributed by atoms with Crippen molar-refractivity contribution in [1.82, 2.24) is 24.7 Å². The van der Waals surface area contributed by atoms with Crippen molar-refractivity contribution < 1.29 is 9.84 Å². The number of aliphatic hydroxyl groups is 1. The zero-order valence-corrected chi connectivity index (χ0v) is 18.9. The van der Waals surface area contributed by atoms with Gasteiger partial charge in [0.2, 0.25) is 0 Å². The lowest BCUT2D eigenvalue weighted by atomic mass is 10.0. The summed E-state index contributed by atoms with van der Waals surface area (Å²) >= 11 is 0. The van der Waals surface area contributed by atoms with Gasteiger partial charge in [0.1, 0.15) is 22.9 Å². The third kappa shape index (κ3) is 4.42. The highest BCUT2D eigenvalue weighted by molar-refractivity contribution is 5.68. The van der Waals surface area contributed by atoms with Crippen LogP contribution in [0.4, 0.5) is 11.5 Å². The first-order chi connectivity index (χ1) is 15.9. The van der Waals surface area contributed by atoms with E-state index >= 15 is 0 Å². The minimum absolute atomic E-state index is 0.576. The maximum Gasteiger partial charge on any atom is 0.176 e. The van der Waals surface area contributed by atoms with Crippen LogP contribution in [0.2, 0.25) is 0 Å². The molecule has 33 heavy (non-hydrogen) atoms. The summed E-state index contributed by atoms with van der Waals surface area (Å²) in [6.45, 7) is 6.32. The van der Waals surface area contributed by atoms with E-state index in [0.29, 0.717) is 17.3 Å². The van der Waals surface area contributed by atoms with Gasteiger partial charge in [-0.3, -0.25) is 14.6 Å². The number of hydrogen-bond donors (Lipinski definition) is 2. The van der Waals surface area contributed by atoms with Gasteiger partial charge in [0.15, 0.2) is 5.75 Å². The number of nitrogens with one attached hydrogen (secondary N) is 1. The van der Waals surface area contributed by atoms with Crippen molar-refractivity contribution in [2.45, 2.75) is 45.8 Å². The second-order valence-electron chi connectivity index (χ2n) is 8.79. The maximum atomic E-state index is 10.2. The number of hydrogen-bond acceptors (Lipinski definition) is 7. The van der Waals surface area contributed by atoms with Crippen LogP contribution in [0.25, 0.3) is 11.3 Å². The Morgan fingerprint density at radius 2 is 1.94 bits per heavy atom. The van der Waals surface area contributed by atoms with E-state index in [1.54, 1.807) is 26.2 Å². The van der Waals surface area contributed by atoms with Gasteiger partial charge in [-0.05, 0) is 63.4 Å². The molecule has 0 atom stereocenters. The van der Waals surface area contributed by atoms with Gasteiger partial charge in [0.25, 0.3) is 0 Å². The molecule has 0 spiro atoms. The highest BCUT2D eigenvalue weighted by Crippen LogP contribution is 2.39. The van der Waals surface area contributed by atoms with Crippen LogP contribution in [0.1, 0.15) is 37.2 Å². The van der Waals surface area contributed by atoms with Gasteiger partial charge in [-0.2, -0.15) is 5.10 Å². The highest BCUT2D eigenvalue weighted by atomic mass is 16.5. The van der Waals surface area contributed by atoms with E-state index in [1.165, 1.54) is 0 Å². The number of aryl methyl sites for hydroxylation is 2. The van der Waals surface area contributed by atoms with Crippen LogP contribution in [-0.4, -0.2) is 29.8 Å². The number of ether oxygens (including phenoxy) is 1. The van der Waals surface area contributed by atoms with Gasteiger partial charge in [-0.1, -0.05) is 0 Å². The first-order valence-corrected chi connectivity index (χ1v) is 11.0. The van der Waals surface area contributed by atoms with Crippen LogP contribution < -0.4 is 10.1 Å². The molecule has 8 heteroatoms. The lowest BCUT2D eigenvalue weighted by Crippen LogP contribution is -2.17. The number of fused-ring (bicyclic) bond motifs is 1. The summed E-state index contributed by atoms with van der Waals surface area (Å²) in [5.74, 6) is 2.06. The van der Waals surface area contributed by atoms with Crippen molar-refractivity contribution >= 4 is 11.5 Å². The zero-order valence-electron chi connectivity index (χ0n) is 18.9. The fraction of sp³-hybridized carbons (Fsp3) is 0.280. The van der Waals surface area contributed by atoms with Gasteiger partial charge in [0.05, 0.1) is 11.4 Å². The molecule has 8 nitrogen and oxygen atoms in total. The van der Waals surface area contributed by atoms with Gasteiger partial charge < -0.3 is 15.2 Å². The second-order valence-corrected chi connectivity index (χ2v) is 8.79. The lowest BCUT2D eigenvalue weighted by Gasteiger charge is -2.17. The summed E-state index contributed by atoms with van der Waals surface area (Å²) in [6.07, 6.45) is 8.99. The van der Waals surface area contributed by atoms with Gasteiger partial charge in [-0.15, -0.1) is 0 Å². The molecule has 0 bridgehead atoms. The molecule has 1 aliphatic heterocycles. The van der Waals surface area contributed by atoms with Crippen LogP contribution in [0.15, 0.2) is 55.1 Å². The second kappa shape index (κ2) is 8.29. The molecule has 0 unspecified atom stereocenters. The Bertz CT molecular complexity index is 1310. The Morgan fingerprint density at radius 1 is 1.09 bits per heavy atom. The van der Waals surface area contributed by atoms with Crippen LogP contribution in [0.3, 0.4) is 0 Å². The predicted octanol–water partition coefficient (Wildman–Crippen LogP) is 4.75. The van der Waals surface area contributed by atoms with Crippen molar-refractivity contribution in [3.05, 3.63) is 72.1 Å². The molecular weight excluding hydrogens is 416 g/mol. The predicted molar refractivity (Wildman–Crippen MR) is 126 cm³/mol. The molecule has 5 heterocycles. The summed E-state index contributed by atoms with van der Waals surface area (Å²) in [6, 6.07) is 9.39. The van der Waals surface area contributed by atoms with Crippen LogP contribution >= 0.6 is 0 Å². The number of rotatable bonds is 6. The van der Waals surface area contributed by atoms with Crippen molar-refractivity contribution in [1.29, 1.82) is 0 Å². The summed E-state index contributed by atoms with van der Waals surface area (Å²) in [7, 11) is 0. The highest BCUT2D eigenvalue weighted by Gasteiger charge is 2.25. The number of anilines is 2. The van der Waals surface area contributed by atoms with Crippen molar-refractivity contribution in [2.24, 2.45) is 0 Å².